The molecular formula is C9H18N2. The van der Waals surface area contributed by atoms with Crippen LogP contribution in [0.2, 0.25) is 0 Å². The van der Waals surface area contributed by atoms with E-state index in [1.165, 1.54) is 25.7 Å². The highest BCUT2D eigenvalue weighted by atomic mass is 14.9. The molecule has 0 saturated heterocycles. The maximum atomic E-state index is 8.42. The van der Waals surface area contributed by atoms with Crippen molar-refractivity contribution < 1.29 is 0 Å². The van der Waals surface area contributed by atoms with Gasteiger partial charge in [0.1, 0.15) is 0 Å². The van der Waals surface area contributed by atoms with Gasteiger partial charge in [-0.05, 0) is 19.9 Å². The van der Waals surface area contributed by atoms with Gasteiger partial charge in [-0.25, -0.2) is 0 Å². The van der Waals surface area contributed by atoms with Crippen LogP contribution in [0.25, 0.3) is 0 Å². The third kappa shape index (κ3) is 7.35. The maximum absolute atomic E-state index is 8.42. The second kappa shape index (κ2) is 7.56. The first-order chi connectivity index (χ1) is 5.31. The third-order valence-corrected chi connectivity index (χ3v) is 1.67. The van der Waals surface area contributed by atoms with Crippen LogP contribution in [0.5, 0.6) is 0 Å². The lowest BCUT2D eigenvalue weighted by Crippen LogP contribution is -2.25. The molecule has 0 amide bonds. The van der Waals surface area contributed by atoms with Crippen LogP contribution in [0.1, 0.15) is 39.5 Å². The van der Waals surface area contributed by atoms with Crippen LogP contribution in [-0.2, 0) is 0 Å². The fourth-order valence-corrected chi connectivity index (χ4v) is 0.916. The molecule has 1 unspecified atom stereocenters. The molecule has 2 nitrogen and oxygen atoms in total. The zero-order chi connectivity index (χ0) is 8.53. The molecule has 1 N–H and O–H groups in total. The van der Waals surface area contributed by atoms with Crippen molar-refractivity contribution in [2.45, 2.75) is 45.6 Å². The summed E-state index contributed by atoms with van der Waals surface area (Å²) in [7, 11) is 0. The van der Waals surface area contributed by atoms with Crippen LogP contribution in [0, 0.1) is 11.3 Å². The van der Waals surface area contributed by atoms with E-state index in [-0.39, 0.29) is 6.04 Å². The number of nitriles is 1. The first-order valence-corrected chi connectivity index (χ1v) is 4.44. The van der Waals surface area contributed by atoms with E-state index < -0.39 is 0 Å². The monoisotopic (exact) mass is 154 g/mol. The van der Waals surface area contributed by atoms with Gasteiger partial charge in [-0.15, -0.1) is 0 Å². The largest absolute Gasteiger partial charge is 0.302 e. The Balaban J connectivity index is 2.97. The van der Waals surface area contributed by atoms with Gasteiger partial charge in [-0.3, -0.25) is 0 Å². The summed E-state index contributed by atoms with van der Waals surface area (Å²) in [6, 6.07) is 2.16. The summed E-state index contributed by atoms with van der Waals surface area (Å²) in [5, 5.41) is 11.6. The van der Waals surface area contributed by atoms with Crippen molar-refractivity contribution in [2.75, 3.05) is 6.54 Å². The SMILES string of the molecule is CCCCCCNC(C)C#N. The Morgan fingerprint density at radius 3 is 2.64 bits per heavy atom. The van der Waals surface area contributed by atoms with Crippen LogP contribution >= 0.6 is 0 Å². The third-order valence-electron chi connectivity index (χ3n) is 1.67. The van der Waals surface area contributed by atoms with Crippen molar-refractivity contribution in [1.82, 2.24) is 5.32 Å². The molecule has 0 aromatic carbocycles. The van der Waals surface area contributed by atoms with Gasteiger partial charge in [0.2, 0.25) is 0 Å². The summed E-state index contributed by atoms with van der Waals surface area (Å²) in [6.45, 7) is 5.07. The molecule has 11 heavy (non-hydrogen) atoms. The van der Waals surface area contributed by atoms with Gasteiger partial charge in [-0.1, -0.05) is 26.2 Å². The van der Waals surface area contributed by atoms with E-state index in [9.17, 15) is 0 Å². The Hall–Kier alpha value is -0.550. The Labute approximate surface area is 69.6 Å². The fourth-order valence-electron chi connectivity index (χ4n) is 0.916. The molecule has 0 rings (SSSR count). The van der Waals surface area contributed by atoms with Crippen LogP contribution < -0.4 is 5.32 Å². The zero-order valence-corrected chi connectivity index (χ0v) is 7.56. The van der Waals surface area contributed by atoms with Crippen molar-refractivity contribution in [3.05, 3.63) is 0 Å². The van der Waals surface area contributed by atoms with E-state index >= 15 is 0 Å². The van der Waals surface area contributed by atoms with Crippen molar-refractivity contribution in [3.8, 4) is 6.07 Å². The molecule has 0 aliphatic heterocycles. The molecule has 2 heteroatoms. The predicted molar refractivity (Wildman–Crippen MR) is 47.2 cm³/mol. The summed E-state index contributed by atoms with van der Waals surface area (Å²) in [5.74, 6) is 0. The van der Waals surface area contributed by atoms with E-state index in [4.69, 9.17) is 5.26 Å². The zero-order valence-electron chi connectivity index (χ0n) is 7.56. The number of nitrogens with zero attached hydrogens (tertiary/aromatic N) is 1. The Bertz CT molecular complexity index is 115. The maximum Gasteiger partial charge on any atom is 0.0924 e. The second-order valence-corrected chi connectivity index (χ2v) is 2.87. The fraction of sp³-hybridized carbons (Fsp3) is 0.889. The van der Waals surface area contributed by atoms with Gasteiger partial charge in [-0.2, -0.15) is 5.26 Å². The van der Waals surface area contributed by atoms with Crippen LogP contribution in [0.3, 0.4) is 0 Å². The Morgan fingerprint density at radius 2 is 2.09 bits per heavy atom. The summed E-state index contributed by atoms with van der Waals surface area (Å²) < 4.78 is 0. The lowest BCUT2D eigenvalue weighted by molar-refractivity contribution is 0.576. The smallest absolute Gasteiger partial charge is 0.0924 e. The highest BCUT2D eigenvalue weighted by Crippen LogP contribution is 1.97. The van der Waals surface area contributed by atoms with Gasteiger partial charge in [0.05, 0.1) is 12.1 Å². The van der Waals surface area contributed by atoms with E-state index in [2.05, 4.69) is 18.3 Å². The molecule has 1 atom stereocenters. The van der Waals surface area contributed by atoms with Crippen LogP contribution in [0.4, 0.5) is 0 Å². The molecule has 0 saturated carbocycles. The molecule has 0 fully saturated rings. The van der Waals surface area contributed by atoms with E-state index in [1.54, 1.807) is 0 Å². The van der Waals surface area contributed by atoms with Gasteiger partial charge in [0.25, 0.3) is 0 Å². The van der Waals surface area contributed by atoms with Crippen molar-refractivity contribution in [3.63, 3.8) is 0 Å². The average molecular weight is 154 g/mol. The lowest BCUT2D eigenvalue weighted by Gasteiger charge is -2.04. The highest BCUT2D eigenvalue weighted by molar-refractivity contribution is 4.84. The molecule has 0 aromatic rings. The topological polar surface area (TPSA) is 35.8 Å². The van der Waals surface area contributed by atoms with Crippen molar-refractivity contribution in [1.29, 1.82) is 5.26 Å². The van der Waals surface area contributed by atoms with Crippen LogP contribution in [-0.4, -0.2) is 12.6 Å². The number of hydrogen-bond donors (Lipinski definition) is 1. The standard InChI is InChI=1S/C9H18N2/c1-3-4-5-6-7-11-9(2)8-10/h9,11H,3-7H2,1-2H3. The van der Waals surface area contributed by atoms with E-state index in [0.29, 0.717) is 0 Å². The summed E-state index contributed by atoms with van der Waals surface area (Å²) in [4.78, 5) is 0. The van der Waals surface area contributed by atoms with Gasteiger partial charge < -0.3 is 5.32 Å². The molecule has 0 aliphatic carbocycles. The quantitative estimate of drug-likeness (QED) is 0.594. The normalized spacial score (nSPS) is 12.5. The van der Waals surface area contributed by atoms with Gasteiger partial charge in [0.15, 0.2) is 0 Å². The summed E-state index contributed by atoms with van der Waals surface area (Å²) >= 11 is 0. The predicted octanol–water partition coefficient (Wildman–Crippen LogP) is 2.07. The highest BCUT2D eigenvalue weighted by Gasteiger charge is 1.95. The lowest BCUT2D eigenvalue weighted by atomic mass is 10.2. The Kier molecular flexibility index (Phi) is 7.18. The van der Waals surface area contributed by atoms with E-state index in [1.807, 2.05) is 6.92 Å². The van der Waals surface area contributed by atoms with Gasteiger partial charge in [0, 0.05) is 0 Å². The molecule has 0 heterocycles. The summed E-state index contributed by atoms with van der Waals surface area (Å²) in [6.07, 6.45) is 5.05. The first kappa shape index (κ1) is 10.4. The number of rotatable bonds is 6. The first-order valence-electron chi connectivity index (χ1n) is 4.44. The molecule has 0 aromatic heterocycles. The van der Waals surface area contributed by atoms with Crippen molar-refractivity contribution >= 4 is 0 Å². The van der Waals surface area contributed by atoms with E-state index in [0.717, 1.165) is 6.54 Å². The van der Waals surface area contributed by atoms with Crippen LogP contribution in [0.15, 0.2) is 0 Å². The second-order valence-electron chi connectivity index (χ2n) is 2.87. The molecule has 0 spiro atoms. The Morgan fingerprint density at radius 1 is 1.36 bits per heavy atom. The van der Waals surface area contributed by atoms with Crippen molar-refractivity contribution in [2.24, 2.45) is 0 Å². The average Bonchev–Trinajstić information content (AvgIpc) is 2.04. The molecule has 0 radical (unpaired) electrons. The summed E-state index contributed by atoms with van der Waals surface area (Å²) in [5.41, 5.74) is 0. The minimum atomic E-state index is 0.0108. The minimum absolute atomic E-state index is 0.0108. The van der Waals surface area contributed by atoms with Gasteiger partial charge >= 0.3 is 0 Å². The molecular weight excluding hydrogens is 136 g/mol. The molecule has 0 bridgehead atoms. The molecule has 0 aliphatic rings. The molecule has 64 valence electrons. The number of hydrogen-bond acceptors (Lipinski definition) is 2. The number of unbranched alkanes of at least 4 members (excludes halogenated alkanes) is 3. The number of nitrogens with one attached hydrogen (secondary N) is 1. The minimum Gasteiger partial charge on any atom is -0.302 e.